The number of anilines is 1. The molecule has 1 aliphatic rings. The van der Waals surface area contributed by atoms with Gasteiger partial charge in [-0.15, -0.1) is 0 Å². The molecule has 0 radical (unpaired) electrons. The monoisotopic (exact) mass is 325 g/mol. The number of aliphatic hydroxyl groups is 3. The lowest BCUT2D eigenvalue weighted by Gasteiger charge is -2.27. The minimum atomic E-state index is -1.65. The molecule has 1 unspecified atom stereocenters. The van der Waals surface area contributed by atoms with Gasteiger partial charge in [-0.2, -0.15) is 9.97 Å². The molecule has 0 saturated carbocycles. The molecule has 1 saturated heterocycles. The molecule has 2 aromatic heterocycles. The average Bonchev–Trinajstić information content (AvgIpc) is 3.00. The van der Waals surface area contributed by atoms with Crippen molar-refractivity contribution in [1.29, 1.82) is 0 Å². The summed E-state index contributed by atoms with van der Waals surface area (Å²) in [5.74, 6) is 0.213. The molecule has 4 atom stereocenters. The normalized spacial score (nSPS) is 30.9. The van der Waals surface area contributed by atoms with Crippen LogP contribution in [0.1, 0.15) is 20.1 Å². The first-order chi connectivity index (χ1) is 10.9. The quantitative estimate of drug-likeness (QED) is 0.544. The predicted molar refractivity (Wildman–Crippen MR) is 78.5 cm³/mol. The minimum absolute atomic E-state index is 0.0143. The van der Waals surface area contributed by atoms with Gasteiger partial charge in [0.25, 0.3) is 0 Å². The lowest BCUT2D eigenvalue weighted by atomic mass is 9.96. The predicted octanol–water partition coefficient (Wildman–Crippen LogP) is -1.19. The lowest BCUT2D eigenvalue weighted by Crippen LogP contribution is -2.44. The van der Waals surface area contributed by atoms with Crippen LogP contribution >= 0.6 is 0 Å². The fourth-order valence-corrected chi connectivity index (χ4v) is 2.71. The van der Waals surface area contributed by atoms with E-state index in [1.54, 1.807) is 6.92 Å². The fourth-order valence-electron chi connectivity index (χ4n) is 2.71. The van der Waals surface area contributed by atoms with Gasteiger partial charge in [0.2, 0.25) is 11.8 Å². The van der Waals surface area contributed by atoms with Crippen LogP contribution in [0.15, 0.2) is 6.33 Å². The number of hydrogen-bond acceptors (Lipinski definition) is 9. The fraction of sp³-hybridized carbons (Fsp3) is 0.615. The van der Waals surface area contributed by atoms with Gasteiger partial charge >= 0.3 is 0 Å². The summed E-state index contributed by atoms with van der Waals surface area (Å²) < 4.78 is 12.4. The third-order valence-corrected chi connectivity index (χ3v) is 3.87. The Balaban J connectivity index is 2.10. The number of aromatic nitrogens is 4. The van der Waals surface area contributed by atoms with Gasteiger partial charge in [-0.1, -0.05) is 0 Å². The van der Waals surface area contributed by atoms with E-state index in [-0.39, 0.29) is 11.8 Å². The first-order valence-corrected chi connectivity index (χ1v) is 7.19. The highest BCUT2D eigenvalue weighted by Crippen LogP contribution is 2.39. The number of nitrogens with zero attached hydrogens (tertiary/aromatic N) is 4. The van der Waals surface area contributed by atoms with Crippen LogP contribution in [0.2, 0.25) is 0 Å². The third kappa shape index (κ3) is 2.39. The standard InChI is InChI=1S/C13H19N5O5/c1-3-22-10-7-9(16-12(14)17-10)18(5-15-7)11-13(2,21)8(20)6(4-19)23-11/h5-6,8,11,19-21H,3-4H2,1-2H3,(H2,14,16,17)/t6-,8+,11-,13?/m1/s1. The highest BCUT2D eigenvalue weighted by atomic mass is 16.6. The Morgan fingerprint density at radius 3 is 2.83 bits per heavy atom. The molecule has 0 amide bonds. The number of imidazole rings is 1. The van der Waals surface area contributed by atoms with E-state index in [0.717, 1.165) is 0 Å². The van der Waals surface area contributed by atoms with Crippen LogP contribution in [0.5, 0.6) is 5.88 Å². The van der Waals surface area contributed by atoms with Crippen molar-refractivity contribution in [3.8, 4) is 5.88 Å². The van der Waals surface area contributed by atoms with E-state index in [1.165, 1.54) is 17.8 Å². The Morgan fingerprint density at radius 1 is 1.48 bits per heavy atom. The molecule has 3 rings (SSSR count). The molecule has 1 aliphatic heterocycles. The molecule has 3 heterocycles. The topological polar surface area (TPSA) is 149 Å². The molecule has 0 aliphatic carbocycles. The molecule has 0 bridgehead atoms. The average molecular weight is 325 g/mol. The summed E-state index contributed by atoms with van der Waals surface area (Å²) in [5, 5.41) is 29.9. The maximum atomic E-state index is 10.6. The van der Waals surface area contributed by atoms with Crippen LogP contribution in [-0.4, -0.2) is 65.9 Å². The van der Waals surface area contributed by atoms with Crippen LogP contribution in [0.25, 0.3) is 11.2 Å². The number of hydrogen-bond donors (Lipinski definition) is 4. The summed E-state index contributed by atoms with van der Waals surface area (Å²) in [4.78, 5) is 12.3. The Labute approximate surface area is 131 Å². The zero-order chi connectivity index (χ0) is 16.8. The molecule has 23 heavy (non-hydrogen) atoms. The Hall–Kier alpha value is -2.01. The van der Waals surface area contributed by atoms with Crippen LogP contribution in [-0.2, 0) is 4.74 Å². The number of nitrogen functional groups attached to an aromatic ring is 1. The van der Waals surface area contributed by atoms with Crippen LogP contribution < -0.4 is 10.5 Å². The molecular formula is C13H19N5O5. The molecule has 0 spiro atoms. The molecular weight excluding hydrogens is 306 g/mol. The second-order valence-electron chi connectivity index (χ2n) is 5.52. The number of nitrogens with two attached hydrogens (primary N) is 1. The van der Waals surface area contributed by atoms with Crippen molar-refractivity contribution in [2.45, 2.75) is 37.9 Å². The zero-order valence-corrected chi connectivity index (χ0v) is 12.7. The van der Waals surface area contributed by atoms with E-state index < -0.39 is 30.6 Å². The van der Waals surface area contributed by atoms with Crippen molar-refractivity contribution in [2.24, 2.45) is 0 Å². The summed E-state index contributed by atoms with van der Waals surface area (Å²) in [5.41, 5.74) is 4.71. The first-order valence-electron chi connectivity index (χ1n) is 7.19. The van der Waals surface area contributed by atoms with Gasteiger partial charge in [0.1, 0.15) is 17.8 Å². The van der Waals surface area contributed by atoms with Gasteiger partial charge in [0.15, 0.2) is 17.4 Å². The number of ether oxygens (including phenoxy) is 2. The van der Waals surface area contributed by atoms with Crippen LogP contribution in [0.3, 0.4) is 0 Å². The second-order valence-corrected chi connectivity index (χ2v) is 5.52. The SMILES string of the molecule is CCOc1nc(N)nc2c1ncn2[C@@H]1O[C@H](CO)[C@H](O)C1(C)O. The summed E-state index contributed by atoms with van der Waals surface area (Å²) in [6.07, 6.45) is -1.78. The maximum Gasteiger partial charge on any atom is 0.247 e. The van der Waals surface area contributed by atoms with Gasteiger partial charge in [-0.3, -0.25) is 4.57 Å². The van der Waals surface area contributed by atoms with Crippen molar-refractivity contribution >= 4 is 17.1 Å². The number of aliphatic hydroxyl groups excluding tert-OH is 2. The Morgan fingerprint density at radius 2 is 2.22 bits per heavy atom. The summed E-state index contributed by atoms with van der Waals surface area (Å²) >= 11 is 0. The largest absolute Gasteiger partial charge is 0.476 e. The third-order valence-electron chi connectivity index (χ3n) is 3.87. The van der Waals surface area contributed by atoms with Gasteiger partial charge in [0, 0.05) is 0 Å². The maximum absolute atomic E-state index is 10.6. The number of fused-ring (bicyclic) bond motifs is 1. The minimum Gasteiger partial charge on any atom is -0.476 e. The Kier molecular flexibility index (Phi) is 3.84. The van der Waals surface area contributed by atoms with Crippen molar-refractivity contribution in [1.82, 2.24) is 19.5 Å². The van der Waals surface area contributed by atoms with E-state index in [4.69, 9.17) is 15.2 Å². The summed E-state index contributed by atoms with van der Waals surface area (Å²) in [6, 6.07) is 0. The highest BCUT2D eigenvalue weighted by Gasteiger charge is 2.53. The zero-order valence-electron chi connectivity index (χ0n) is 12.7. The van der Waals surface area contributed by atoms with Crippen molar-refractivity contribution in [2.75, 3.05) is 18.9 Å². The van der Waals surface area contributed by atoms with Gasteiger partial charge in [-0.05, 0) is 13.8 Å². The summed E-state index contributed by atoms with van der Waals surface area (Å²) in [6.45, 7) is 3.16. The lowest BCUT2D eigenvalue weighted by molar-refractivity contribution is -0.0950. The Bertz CT molecular complexity index is 718. The molecule has 5 N–H and O–H groups in total. The van der Waals surface area contributed by atoms with Gasteiger partial charge in [0.05, 0.1) is 19.5 Å². The van der Waals surface area contributed by atoms with E-state index >= 15 is 0 Å². The first kappa shape index (κ1) is 15.9. The van der Waals surface area contributed by atoms with Crippen molar-refractivity contribution < 1.29 is 24.8 Å². The van der Waals surface area contributed by atoms with E-state index in [2.05, 4.69) is 15.0 Å². The summed E-state index contributed by atoms with van der Waals surface area (Å²) in [7, 11) is 0. The molecule has 126 valence electrons. The highest BCUT2D eigenvalue weighted by molar-refractivity contribution is 5.77. The molecule has 2 aromatic rings. The molecule has 1 fully saturated rings. The van der Waals surface area contributed by atoms with Gasteiger partial charge < -0.3 is 30.5 Å². The molecule has 10 nitrogen and oxygen atoms in total. The molecule has 10 heteroatoms. The number of rotatable bonds is 4. The van der Waals surface area contributed by atoms with Crippen molar-refractivity contribution in [3.63, 3.8) is 0 Å². The smallest absolute Gasteiger partial charge is 0.247 e. The van der Waals surface area contributed by atoms with E-state index in [1.807, 2.05) is 0 Å². The van der Waals surface area contributed by atoms with Crippen LogP contribution in [0, 0.1) is 0 Å². The van der Waals surface area contributed by atoms with Crippen molar-refractivity contribution in [3.05, 3.63) is 6.33 Å². The van der Waals surface area contributed by atoms with E-state index in [0.29, 0.717) is 17.8 Å². The van der Waals surface area contributed by atoms with Crippen LogP contribution in [0.4, 0.5) is 5.95 Å². The molecule has 0 aromatic carbocycles. The van der Waals surface area contributed by atoms with Gasteiger partial charge in [-0.25, -0.2) is 4.98 Å². The van der Waals surface area contributed by atoms with E-state index in [9.17, 15) is 15.3 Å². The second kappa shape index (κ2) is 5.57.